The molecule has 74 valence electrons. The smallest absolute Gasteiger partial charge is 0.311 e. The molecule has 0 unspecified atom stereocenters. The Morgan fingerprint density at radius 1 is 1.38 bits per heavy atom. The van der Waals surface area contributed by atoms with Gasteiger partial charge in [-0.2, -0.15) is 0 Å². The van der Waals surface area contributed by atoms with E-state index < -0.39 is 11.4 Å². The number of carboxylic acids is 1. The van der Waals surface area contributed by atoms with Crippen molar-refractivity contribution in [2.75, 3.05) is 0 Å². The Morgan fingerprint density at radius 2 is 1.92 bits per heavy atom. The summed E-state index contributed by atoms with van der Waals surface area (Å²) in [5.74, 6) is -0.630. The maximum absolute atomic E-state index is 11.3. The van der Waals surface area contributed by atoms with E-state index in [0.717, 1.165) is 12.8 Å². The number of aliphatic carboxylic acids is 1. The normalized spacial score (nSPS) is 51.5. The second kappa shape index (κ2) is 2.13. The summed E-state index contributed by atoms with van der Waals surface area (Å²) >= 11 is 3.56. The zero-order valence-electron chi connectivity index (χ0n) is 8.22. The highest BCUT2D eigenvalue weighted by molar-refractivity contribution is 9.09. The van der Waals surface area contributed by atoms with Gasteiger partial charge in [-0.1, -0.05) is 36.7 Å². The van der Waals surface area contributed by atoms with E-state index in [1.807, 2.05) is 0 Å². The Kier molecular flexibility index (Phi) is 1.56. The van der Waals surface area contributed by atoms with Crippen molar-refractivity contribution < 1.29 is 9.90 Å². The monoisotopic (exact) mass is 246 g/mol. The summed E-state index contributed by atoms with van der Waals surface area (Å²) in [6.45, 7) is 6.37. The first-order valence-electron chi connectivity index (χ1n) is 4.68. The van der Waals surface area contributed by atoms with Crippen molar-refractivity contribution in [1.29, 1.82) is 0 Å². The molecule has 2 nitrogen and oxygen atoms in total. The molecule has 1 N–H and O–H groups in total. The summed E-state index contributed by atoms with van der Waals surface area (Å²) in [7, 11) is 0. The second-order valence-corrected chi connectivity index (χ2v) is 6.10. The maximum Gasteiger partial charge on any atom is 0.311 e. The lowest BCUT2D eigenvalue weighted by Crippen LogP contribution is -2.67. The molecule has 3 aliphatic carbocycles. The van der Waals surface area contributed by atoms with Crippen molar-refractivity contribution in [3.05, 3.63) is 0 Å². The van der Waals surface area contributed by atoms with Crippen LogP contribution in [0.2, 0.25) is 0 Å². The van der Waals surface area contributed by atoms with Gasteiger partial charge in [0.15, 0.2) is 0 Å². The Hall–Kier alpha value is -0.0500. The summed E-state index contributed by atoms with van der Waals surface area (Å²) in [6.07, 6.45) is 1.85. The molecular formula is C10H15BrO2. The van der Waals surface area contributed by atoms with Crippen LogP contribution >= 0.6 is 15.9 Å². The second-order valence-electron chi connectivity index (χ2n) is 5.18. The third-order valence-electron chi connectivity index (χ3n) is 4.96. The Morgan fingerprint density at radius 3 is 2.08 bits per heavy atom. The molecule has 0 aromatic rings. The zero-order chi connectivity index (χ0) is 10.1. The van der Waals surface area contributed by atoms with Crippen LogP contribution in [0.4, 0.5) is 0 Å². The van der Waals surface area contributed by atoms with Crippen LogP contribution in [0.25, 0.3) is 0 Å². The fraction of sp³-hybridized carbons (Fsp3) is 0.900. The van der Waals surface area contributed by atoms with Crippen LogP contribution in [0.1, 0.15) is 33.6 Å². The van der Waals surface area contributed by atoms with Gasteiger partial charge in [-0.3, -0.25) is 4.79 Å². The fourth-order valence-electron chi connectivity index (χ4n) is 3.43. The average molecular weight is 247 g/mol. The van der Waals surface area contributed by atoms with E-state index in [2.05, 4.69) is 36.7 Å². The van der Waals surface area contributed by atoms with Gasteiger partial charge in [-0.15, -0.1) is 0 Å². The summed E-state index contributed by atoms with van der Waals surface area (Å²) in [4.78, 5) is 11.5. The molecule has 3 atom stereocenters. The third kappa shape index (κ3) is 0.641. The number of halogens is 1. The Balaban J connectivity index is 2.50. The number of alkyl halides is 1. The minimum absolute atomic E-state index is 0.0694. The lowest BCUT2D eigenvalue weighted by molar-refractivity contribution is -0.179. The van der Waals surface area contributed by atoms with Gasteiger partial charge in [-0.05, 0) is 23.7 Å². The highest BCUT2D eigenvalue weighted by Gasteiger charge is 2.80. The van der Waals surface area contributed by atoms with Crippen LogP contribution in [0, 0.1) is 16.2 Å². The van der Waals surface area contributed by atoms with Gasteiger partial charge in [0.25, 0.3) is 0 Å². The first-order valence-corrected chi connectivity index (χ1v) is 5.60. The average Bonchev–Trinajstić information content (AvgIpc) is 2.39. The van der Waals surface area contributed by atoms with Crippen LogP contribution in [0.5, 0.6) is 0 Å². The predicted octanol–water partition coefficient (Wildman–Crippen LogP) is 2.66. The number of fused-ring (bicyclic) bond motifs is 1. The molecule has 0 aromatic heterocycles. The first kappa shape index (κ1) is 9.50. The van der Waals surface area contributed by atoms with Gasteiger partial charge in [0.2, 0.25) is 0 Å². The predicted molar refractivity (Wildman–Crippen MR) is 53.9 cm³/mol. The molecule has 0 radical (unpaired) electrons. The molecule has 13 heavy (non-hydrogen) atoms. The van der Waals surface area contributed by atoms with E-state index >= 15 is 0 Å². The molecule has 3 heteroatoms. The van der Waals surface area contributed by atoms with Crippen molar-refractivity contribution in [2.45, 2.75) is 38.4 Å². The van der Waals surface area contributed by atoms with E-state index in [-0.39, 0.29) is 15.7 Å². The third-order valence-corrected chi connectivity index (χ3v) is 6.75. The number of rotatable bonds is 1. The Labute approximate surface area is 86.8 Å². The molecule has 3 aliphatic rings. The van der Waals surface area contributed by atoms with Crippen LogP contribution < -0.4 is 0 Å². The van der Waals surface area contributed by atoms with E-state index in [1.54, 1.807) is 0 Å². The molecule has 3 saturated carbocycles. The van der Waals surface area contributed by atoms with Gasteiger partial charge < -0.3 is 5.11 Å². The fourth-order valence-corrected chi connectivity index (χ4v) is 5.23. The van der Waals surface area contributed by atoms with Gasteiger partial charge in [0.05, 0.1) is 5.41 Å². The van der Waals surface area contributed by atoms with E-state index in [1.165, 1.54) is 0 Å². The Bertz CT molecular complexity index is 287. The van der Waals surface area contributed by atoms with Gasteiger partial charge >= 0.3 is 5.97 Å². The highest BCUT2D eigenvalue weighted by atomic mass is 79.9. The van der Waals surface area contributed by atoms with Gasteiger partial charge in [0.1, 0.15) is 0 Å². The van der Waals surface area contributed by atoms with Gasteiger partial charge in [0, 0.05) is 4.83 Å². The molecule has 0 amide bonds. The van der Waals surface area contributed by atoms with E-state index in [9.17, 15) is 9.90 Å². The molecule has 0 aliphatic heterocycles. The first-order chi connectivity index (χ1) is 5.81. The standard InChI is InChI=1S/C10H15BrO2/c1-8(2)9(3)4-5-10(8,6(9)11)7(12)13/h6H,4-5H2,1-3H3,(H,12,13)/t6-,9-,10+/m1/s1. The van der Waals surface area contributed by atoms with Crippen molar-refractivity contribution in [3.63, 3.8) is 0 Å². The number of carboxylic acid groups (broad SMARTS) is 1. The molecular weight excluding hydrogens is 232 g/mol. The zero-order valence-corrected chi connectivity index (χ0v) is 9.81. The molecule has 0 spiro atoms. The maximum atomic E-state index is 11.3. The molecule has 3 fully saturated rings. The summed E-state index contributed by atoms with van der Waals surface area (Å²) < 4.78 is 0. The minimum Gasteiger partial charge on any atom is -0.481 e. The largest absolute Gasteiger partial charge is 0.481 e. The van der Waals surface area contributed by atoms with Crippen LogP contribution in [0.15, 0.2) is 0 Å². The lowest BCUT2D eigenvalue weighted by Gasteiger charge is -2.63. The molecule has 2 bridgehead atoms. The summed E-state index contributed by atoms with van der Waals surface area (Å²) in [5.41, 5.74) is -0.410. The highest BCUT2D eigenvalue weighted by Crippen LogP contribution is 2.79. The van der Waals surface area contributed by atoms with Gasteiger partial charge in [-0.25, -0.2) is 0 Å². The quantitative estimate of drug-likeness (QED) is 0.723. The van der Waals surface area contributed by atoms with Crippen molar-refractivity contribution in [3.8, 4) is 0 Å². The number of hydrogen-bond acceptors (Lipinski definition) is 1. The SMILES string of the molecule is CC1(C)[C@]2(C)CC[C@@]1(C(=O)O)[C@@H]2Br. The van der Waals surface area contributed by atoms with Crippen LogP contribution in [-0.4, -0.2) is 15.9 Å². The van der Waals surface area contributed by atoms with E-state index in [0.29, 0.717) is 0 Å². The van der Waals surface area contributed by atoms with Crippen LogP contribution in [0.3, 0.4) is 0 Å². The van der Waals surface area contributed by atoms with Crippen molar-refractivity contribution in [2.24, 2.45) is 16.2 Å². The molecule has 3 rings (SSSR count). The van der Waals surface area contributed by atoms with Crippen LogP contribution in [-0.2, 0) is 4.79 Å². The topological polar surface area (TPSA) is 37.3 Å². The molecule has 0 heterocycles. The van der Waals surface area contributed by atoms with Crippen molar-refractivity contribution >= 4 is 21.9 Å². The van der Waals surface area contributed by atoms with Crippen molar-refractivity contribution in [1.82, 2.24) is 0 Å². The summed E-state index contributed by atoms with van der Waals surface area (Å²) in [6, 6.07) is 0. The summed E-state index contributed by atoms with van der Waals surface area (Å²) in [5, 5.41) is 9.30. The minimum atomic E-state index is -0.630. The lowest BCUT2D eigenvalue weighted by atomic mass is 9.44. The molecule has 0 aromatic carbocycles. The molecule has 0 saturated heterocycles. The van der Waals surface area contributed by atoms with E-state index in [4.69, 9.17) is 0 Å². The number of hydrogen-bond donors (Lipinski definition) is 1. The number of carbonyl (C=O) groups is 1.